The van der Waals surface area contributed by atoms with Crippen molar-refractivity contribution in [2.45, 2.75) is 39.2 Å². The number of carbonyl (C=O) groups excluding carboxylic acids is 2. The minimum Gasteiger partial charge on any atom is -0.381 e. The average molecular weight is 631 g/mol. The Balaban J connectivity index is 1.21. The molecule has 0 aliphatic carbocycles. The van der Waals surface area contributed by atoms with E-state index in [1.165, 1.54) is 12.1 Å². The number of carbonyl (C=O) groups is 2. The lowest BCUT2D eigenvalue weighted by Gasteiger charge is -2.36. The van der Waals surface area contributed by atoms with Crippen molar-refractivity contribution in [1.82, 2.24) is 15.1 Å². The van der Waals surface area contributed by atoms with E-state index in [4.69, 9.17) is 4.74 Å². The van der Waals surface area contributed by atoms with E-state index < -0.39 is 11.6 Å². The summed E-state index contributed by atoms with van der Waals surface area (Å²) in [6, 6.07) is 15.1. The number of piperazine rings is 1. The molecule has 1 aromatic heterocycles. The fraction of sp³-hybridized carbons (Fsp3) is 0.400. The van der Waals surface area contributed by atoms with Gasteiger partial charge in [-0.1, -0.05) is 19.9 Å². The van der Waals surface area contributed by atoms with Gasteiger partial charge in [-0.2, -0.15) is 5.10 Å². The third kappa shape index (κ3) is 7.54. The van der Waals surface area contributed by atoms with Gasteiger partial charge in [0.25, 0.3) is 5.91 Å². The molecule has 3 aromatic carbocycles. The molecule has 4 aromatic rings. The highest BCUT2D eigenvalue weighted by atomic mass is 19.1. The fourth-order valence-electron chi connectivity index (χ4n) is 6.07. The summed E-state index contributed by atoms with van der Waals surface area (Å²) < 4.78 is 33.1. The number of benzene rings is 3. The zero-order valence-corrected chi connectivity index (χ0v) is 26.2. The highest BCUT2D eigenvalue weighted by Crippen LogP contribution is 2.29. The summed E-state index contributed by atoms with van der Waals surface area (Å²) in [4.78, 5) is 30.5. The van der Waals surface area contributed by atoms with Gasteiger partial charge in [0, 0.05) is 74.2 Å². The minimum atomic E-state index is -0.621. The van der Waals surface area contributed by atoms with Gasteiger partial charge in [0.15, 0.2) is 5.82 Å². The highest BCUT2D eigenvalue weighted by molar-refractivity contribution is 6.11. The second kappa shape index (κ2) is 14.0. The first-order valence-corrected chi connectivity index (χ1v) is 15.9. The van der Waals surface area contributed by atoms with Crippen LogP contribution in [0.5, 0.6) is 0 Å². The Labute approximate surface area is 267 Å². The molecule has 2 fully saturated rings. The number of anilines is 3. The summed E-state index contributed by atoms with van der Waals surface area (Å²) in [7, 11) is 0. The lowest BCUT2D eigenvalue weighted by molar-refractivity contribution is -0.123. The van der Waals surface area contributed by atoms with Crippen molar-refractivity contribution in [2.24, 2.45) is 5.92 Å². The molecule has 0 spiro atoms. The van der Waals surface area contributed by atoms with Gasteiger partial charge in [0.05, 0.1) is 17.6 Å². The van der Waals surface area contributed by atoms with E-state index >= 15 is 0 Å². The van der Waals surface area contributed by atoms with Crippen LogP contribution in [0.25, 0.3) is 10.9 Å². The van der Waals surface area contributed by atoms with Gasteiger partial charge in [0.2, 0.25) is 0 Å². The van der Waals surface area contributed by atoms with E-state index in [0.29, 0.717) is 48.5 Å². The molecule has 11 heteroatoms. The summed E-state index contributed by atoms with van der Waals surface area (Å²) in [5, 5.41) is 14.6. The van der Waals surface area contributed by atoms with Crippen molar-refractivity contribution in [3.63, 3.8) is 0 Å². The van der Waals surface area contributed by atoms with Crippen LogP contribution < -0.4 is 15.5 Å². The molecule has 3 heterocycles. The van der Waals surface area contributed by atoms with Crippen molar-refractivity contribution in [1.29, 1.82) is 0 Å². The van der Waals surface area contributed by atoms with Crippen molar-refractivity contribution < 1.29 is 23.1 Å². The zero-order valence-electron chi connectivity index (χ0n) is 26.2. The number of hydrogen-bond acceptors (Lipinski definition) is 7. The van der Waals surface area contributed by atoms with Crippen LogP contribution >= 0.6 is 0 Å². The van der Waals surface area contributed by atoms with Crippen molar-refractivity contribution >= 4 is 39.8 Å². The summed E-state index contributed by atoms with van der Waals surface area (Å²) in [6.45, 7) is 8.86. The number of ether oxygens (including phenoxy) is 1. The Kier molecular flexibility index (Phi) is 9.60. The molecule has 1 amide bonds. The second-order valence-corrected chi connectivity index (χ2v) is 12.5. The molecule has 46 heavy (non-hydrogen) atoms. The number of nitrogens with one attached hydrogen (secondary N) is 3. The molecule has 2 saturated heterocycles. The molecule has 2 aliphatic heterocycles. The molecule has 6 rings (SSSR count). The smallest absolute Gasteiger partial charge is 0.258 e. The summed E-state index contributed by atoms with van der Waals surface area (Å²) >= 11 is 0. The first kappa shape index (κ1) is 31.6. The third-order valence-electron chi connectivity index (χ3n) is 8.78. The van der Waals surface area contributed by atoms with Gasteiger partial charge in [-0.25, -0.2) is 8.78 Å². The minimum absolute atomic E-state index is 0.0308. The van der Waals surface area contributed by atoms with E-state index in [9.17, 15) is 18.4 Å². The predicted octanol–water partition coefficient (Wildman–Crippen LogP) is 5.62. The molecule has 3 N–H and O–H groups in total. The number of aromatic amines is 1. The van der Waals surface area contributed by atoms with E-state index in [-0.39, 0.29) is 23.7 Å². The van der Waals surface area contributed by atoms with Crippen LogP contribution in [0.4, 0.5) is 26.0 Å². The molecule has 0 unspecified atom stereocenters. The van der Waals surface area contributed by atoms with Crippen LogP contribution in [0.3, 0.4) is 0 Å². The van der Waals surface area contributed by atoms with Crippen molar-refractivity contribution in [2.75, 3.05) is 61.5 Å². The summed E-state index contributed by atoms with van der Waals surface area (Å²) in [6.07, 6.45) is 2.01. The lowest BCUT2D eigenvalue weighted by atomic mass is 10.0. The van der Waals surface area contributed by atoms with Gasteiger partial charge in [-0.3, -0.25) is 19.6 Å². The molecule has 2 aliphatic rings. The van der Waals surface area contributed by atoms with Gasteiger partial charge in [-0.15, -0.1) is 0 Å². The van der Waals surface area contributed by atoms with Gasteiger partial charge < -0.3 is 20.3 Å². The number of ketones is 1. The maximum atomic E-state index is 13.8. The quantitative estimate of drug-likeness (QED) is 0.209. The van der Waals surface area contributed by atoms with Crippen LogP contribution in [0.1, 0.15) is 48.2 Å². The van der Waals surface area contributed by atoms with E-state index in [1.54, 1.807) is 0 Å². The number of Topliss-reactive ketones (excluding diaryl/α,β-unsaturated/α-hetero) is 1. The monoisotopic (exact) mass is 630 g/mol. The number of H-pyrrole nitrogens is 1. The number of rotatable bonds is 10. The zero-order chi connectivity index (χ0) is 32.2. The van der Waals surface area contributed by atoms with Crippen molar-refractivity contribution in [3.8, 4) is 0 Å². The van der Waals surface area contributed by atoms with Gasteiger partial charge in [0.1, 0.15) is 17.4 Å². The maximum absolute atomic E-state index is 13.8. The summed E-state index contributed by atoms with van der Waals surface area (Å²) in [5.41, 5.74) is 4.33. The maximum Gasteiger partial charge on any atom is 0.258 e. The van der Waals surface area contributed by atoms with Crippen LogP contribution in [-0.2, 0) is 16.0 Å². The number of halogens is 2. The fourth-order valence-corrected chi connectivity index (χ4v) is 6.07. The first-order valence-electron chi connectivity index (χ1n) is 15.9. The molecule has 0 radical (unpaired) electrons. The standard InChI is InChI=1S/C35H40F2N6O3/c1-22(2)33(44)21-42-9-11-43(12-10-42)28-4-5-29(32(20-28)38-27-7-13-46-14-8-27)35(45)39-34-30-18-23(3-6-31(30)40-41-34)15-24-16-25(36)19-26(37)17-24/h3-6,16-20,22,27,38H,7-15,21H2,1-2H3,(H2,39,40,41,45). The van der Waals surface area contributed by atoms with Crippen LogP contribution in [0.15, 0.2) is 54.6 Å². The second-order valence-electron chi connectivity index (χ2n) is 12.5. The number of amides is 1. The van der Waals surface area contributed by atoms with Crippen LogP contribution in [0.2, 0.25) is 0 Å². The van der Waals surface area contributed by atoms with Crippen LogP contribution in [-0.4, -0.2) is 78.8 Å². The summed E-state index contributed by atoms with van der Waals surface area (Å²) in [5.74, 6) is -0.879. The Morgan fingerprint density at radius 2 is 1.70 bits per heavy atom. The molecule has 0 saturated carbocycles. The number of fused-ring (bicyclic) bond motifs is 1. The molecule has 0 bridgehead atoms. The highest BCUT2D eigenvalue weighted by Gasteiger charge is 2.24. The Hall–Kier alpha value is -4.35. The lowest BCUT2D eigenvalue weighted by Crippen LogP contribution is -2.48. The molecule has 242 valence electrons. The van der Waals surface area contributed by atoms with E-state index in [1.807, 2.05) is 50.2 Å². The van der Waals surface area contributed by atoms with Gasteiger partial charge in [-0.05, 0) is 72.9 Å². The van der Waals surface area contributed by atoms with E-state index in [0.717, 1.165) is 67.5 Å². The predicted molar refractivity (Wildman–Crippen MR) is 176 cm³/mol. The normalized spacial score (nSPS) is 16.2. The Morgan fingerprint density at radius 3 is 2.41 bits per heavy atom. The Morgan fingerprint density at radius 1 is 0.957 bits per heavy atom. The SMILES string of the molecule is CC(C)C(=O)CN1CCN(c2ccc(C(=O)Nc3n[nH]c4ccc(Cc5cc(F)cc(F)c5)cc34)c(NC3CCOCC3)c2)CC1. The number of hydrogen-bond donors (Lipinski definition) is 3. The molecular formula is C35H40F2N6O3. The Bertz CT molecular complexity index is 1690. The molecular weight excluding hydrogens is 590 g/mol. The molecule has 0 atom stereocenters. The topological polar surface area (TPSA) is 103 Å². The first-order chi connectivity index (χ1) is 22.2. The van der Waals surface area contributed by atoms with Gasteiger partial charge >= 0.3 is 0 Å². The number of aromatic nitrogens is 2. The van der Waals surface area contributed by atoms with E-state index in [2.05, 4.69) is 30.6 Å². The van der Waals surface area contributed by atoms with Crippen molar-refractivity contribution in [3.05, 3.63) is 82.9 Å². The van der Waals surface area contributed by atoms with Crippen LogP contribution in [0, 0.1) is 17.6 Å². The largest absolute Gasteiger partial charge is 0.381 e. The number of nitrogens with zero attached hydrogens (tertiary/aromatic N) is 3. The third-order valence-corrected chi connectivity index (χ3v) is 8.78. The average Bonchev–Trinajstić information content (AvgIpc) is 3.43. The molecule has 9 nitrogen and oxygen atoms in total.